The lowest BCUT2D eigenvalue weighted by Crippen LogP contribution is -1.98. The number of hydrogen-bond donors (Lipinski definition) is 1. The average molecular weight is 292 g/mol. The number of methoxy groups -OCH3 is 1. The van der Waals surface area contributed by atoms with Crippen molar-refractivity contribution in [2.75, 3.05) is 7.11 Å². The van der Waals surface area contributed by atoms with Gasteiger partial charge in [-0.1, -0.05) is 0 Å². The van der Waals surface area contributed by atoms with Crippen LogP contribution in [0.1, 0.15) is 34.9 Å². The highest BCUT2D eigenvalue weighted by Crippen LogP contribution is 2.41. The number of benzene rings is 1. The Bertz CT molecular complexity index is 652. The summed E-state index contributed by atoms with van der Waals surface area (Å²) in [5.41, 5.74) is 0.132. The minimum Gasteiger partial charge on any atom is -0.493 e. The van der Waals surface area contributed by atoms with E-state index in [0.29, 0.717) is 22.6 Å². The van der Waals surface area contributed by atoms with Gasteiger partial charge in [0.2, 0.25) is 0 Å². The number of hydrogen-bond acceptors (Lipinski definition) is 6. The van der Waals surface area contributed by atoms with Crippen LogP contribution in [0.3, 0.4) is 0 Å². The molecule has 0 atom stereocenters. The topological polar surface area (TPSA) is 81.5 Å². The Kier molecular flexibility index (Phi) is 3.27. The smallest absolute Gasteiger partial charge is 0.335 e. The number of nitrogens with zero attached hydrogens (tertiary/aromatic N) is 2. The van der Waals surface area contributed by atoms with E-state index in [1.54, 1.807) is 6.07 Å². The molecule has 0 amide bonds. The molecule has 1 heterocycles. The Hall–Kier alpha value is -2.15. The van der Waals surface area contributed by atoms with Crippen LogP contribution in [0.15, 0.2) is 18.2 Å². The molecule has 0 unspecified atom stereocenters. The largest absolute Gasteiger partial charge is 0.493 e. The molecule has 3 rings (SSSR count). The van der Waals surface area contributed by atoms with Gasteiger partial charge in [0.05, 0.1) is 12.7 Å². The molecule has 0 saturated heterocycles. The number of carboxylic acid groups (broad SMARTS) is 1. The van der Waals surface area contributed by atoms with Crippen molar-refractivity contribution in [3.05, 3.63) is 29.6 Å². The van der Waals surface area contributed by atoms with E-state index >= 15 is 0 Å². The second kappa shape index (κ2) is 5.09. The van der Waals surface area contributed by atoms with Crippen molar-refractivity contribution in [2.24, 2.45) is 0 Å². The molecule has 104 valence electrons. The fraction of sp³-hybridized carbons (Fsp3) is 0.308. The van der Waals surface area contributed by atoms with Crippen LogP contribution in [-0.2, 0) is 0 Å². The normalized spacial score (nSPS) is 14.1. The highest BCUT2D eigenvalue weighted by atomic mass is 32.1. The van der Waals surface area contributed by atoms with Gasteiger partial charge in [0.25, 0.3) is 5.19 Å². The zero-order valence-corrected chi connectivity index (χ0v) is 11.5. The van der Waals surface area contributed by atoms with E-state index in [-0.39, 0.29) is 5.56 Å². The van der Waals surface area contributed by atoms with Gasteiger partial charge < -0.3 is 14.6 Å². The van der Waals surface area contributed by atoms with E-state index in [0.717, 1.165) is 30.2 Å². The maximum Gasteiger partial charge on any atom is 0.335 e. The van der Waals surface area contributed by atoms with E-state index in [4.69, 9.17) is 14.6 Å². The van der Waals surface area contributed by atoms with Gasteiger partial charge in [-0.25, -0.2) is 4.79 Å². The number of carboxylic acids is 1. The molecule has 0 aliphatic heterocycles. The lowest BCUT2D eigenvalue weighted by Gasteiger charge is -2.08. The summed E-state index contributed by atoms with van der Waals surface area (Å²) in [7, 11) is 1.50. The van der Waals surface area contributed by atoms with Crippen molar-refractivity contribution < 1.29 is 19.4 Å². The van der Waals surface area contributed by atoms with E-state index in [9.17, 15) is 4.79 Å². The van der Waals surface area contributed by atoms with Gasteiger partial charge in [0, 0.05) is 17.5 Å². The monoisotopic (exact) mass is 292 g/mol. The zero-order chi connectivity index (χ0) is 14.1. The molecular weight excluding hydrogens is 280 g/mol. The second-order valence-electron chi connectivity index (χ2n) is 4.47. The van der Waals surface area contributed by atoms with Crippen molar-refractivity contribution in [3.63, 3.8) is 0 Å². The summed E-state index contributed by atoms with van der Waals surface area (Å²) >= 11 is 1.16. The van der Waals surface area contributed by atoms with Crippen LogP contribution in [0.25, 0.3) is 0 Å². The van der Waals surface area contributed by atoms with Gasteiger partial charge >= 0.3 is 5.97 Å². The molecule has 6 nitrogen and oxygen atoms in total. The number of rotatable bonds is 5. The van der Waals surface area contributed by atoms with Crippen molar-refractivity contribution in [3.8, 4) is 16.7 Å². The Morgan fingerprint density at radius 3 is 2.85 bits per heavy atom. The third-order valence-electron chi connectivity index (χ3n) is 2.97. The predicted molar refractivity (Wildman–Crippen MR) is 71.9 cm³/mol. The first-order valence-electron chi connectivity index (χ1n) is 6.10. The molecule has 1 aromatic carbocycles. The second-order valence-corrected chi connectivity index (χ2v) is 5.18. The molecule has 1 aliphatic carbocycles. The summed E-state index contributed by atoms with van der Waals surface area (Å²) in [6, 6.07) is 4.44. The third-order valence-corrected chi connectivity index (χ3v) is 3.58. The number of aromatic carboxylic acids is 1. The molecule has 1 saturated carbocycles. The van der Waals surface area contributed by atoms with Gasteiger partial charge in [-0.2, -0.15) is 9.36 Å². The van der Waals surface area contributed by atoms with Gasteiger partial charge in [0.1, 0.15) is 5.82 Å². The van der Waals surface area contributed by atoms with E-state index < -0.39 is 5.97 Å². The van der Waals surface area contributed by atoms with Crippen LogP contribution in [-0.4, -0.2) is 27.5 Å². The highest BCUT2D eigenvalue weighted by Gasteiger charge is 2.28. The van der Waals surface area contributed by atoms with E-state index in [2.05, 4.69) is 9.36 Å². The number of carbonyl (C=O) groups is 1. The maximum absolute atomic E-state index is 11.0. The fourth-order valence-electron chi connectivity index (χ4n) is 1.75. The summed E-state index contributed by atoms with van der Waals surface area (Å²) in [4.78, 5) is 15.3. The minimum atomic E-state index is -1.02. The predicted octanol–water partition coefficient (Wildman–Crippen LogP) is 2.91. The van der Waals surface area contributed by atoms with Gasteiger partial charge in [-0.05, 0) is 31.0 Å². The molecule has 1 N–H and O–H groups in total. The van der Waals surface area contributed by atoms with Crippen molar-refractivity contribution in [2.45, 2.75) is 18.8 Å². The average Bonchev–Trinajstić information content (AvgIpc) is 3.19. The molecule has 0 spiro atoms. The SMILES string of the molecule is COc1ccc(C(=O)O)cc1Oc1nc(C2CC2)ns1. The van der Waals surface area contributed by atoms with Crippen molar-refractivity contribution in [1.82, 2.24) is 9.36 Å². The molecule has 7 heteroatoms. The molecule has 1 aliphatic rings. The van der Waals surface area contributed by atoms with Crippen molar-refractivity contribution >= 4 is 17.5 Å². The fourth-order valence-corrected chi connectivity index (χ4v) is 2.38. The van der Waals surface area contributed by atoms with Gasteiger partial charge in [0.15, 0.2) is 11.5 Å². The molecular formula is C13H12N2O4S. The summed E-state index contributed by atoms with van der Waals surface area (Å²) in [5, 5.41) is 9.40. The quantitative estimate of drug-likeness (QED) is 0.912. The Morgan fingerprint density at radius 2 is 2.20 bits per heavy atom. The molecule has 20 heavy (non-hydrogen) atoms. The first-order chi connectivity index (χ1) is 9.67. The molecule has 0 bridgehead atoms. The highest BCUT2D eigenvalue weighted by molar-refractivity contribution is 7.07. The summed E-state index contributed by atoms with van der Waals surface area (Å²) < 4.78 is 15.0. The Morgan fingerprint density at radius 1 is 1.40 bits per heavy atom. The van der Waals surface area contributed by atoms with Crippen molar-refractivity contribution in [1.29, 1.82) is 0 Å². The first-order valence-corrected chi connectivity index (χ1v) is 6.87. The van der Waals surface area contributed by atoms with Crippen LogP contribution in [0.5, 0.6) is 16.7 Å². The minimum absolute atomic E-state index is 0.132. The van der Waals surface area contributed by atoms with Crippen LogP contribution >= 0.6 is 11.5 Å². The van der Waals surface area contributed by atoms with Crippen LogP contribution in [0.4, 0.5) is 0 Å². The molecule has 2 aromatic rings. The van der Waals surface area contributed by atoms with Crippen LogP contribution < -0.4 is 9.47 Å². The van der Waals surface area contributed by atoms with E-state index in [1.165, 1.54) is 19.2 Å². The van der Waals surface area contributed by atoms with E-state index in [1.807, 2.05) is 0 Å². The Balaban J connectivity index is 1.86. The molecule has 1 aromatic heterocycles. The van der Waals surface area contributed by atoms with Crippen LogP contribution in [0.2, 0.25) is 0 Å². The third kappa shape index (κ3) is 2.57. The zero-order valence-electron chi connectivity index (χ0n) is 10.7. The Labute approximate surface area is 119 Å². The number of aromatic nitrogens is 2. The van der Waals surface area contributed by atoms with Gasteiger partial charge in [-0.3, -0.25) is 0 Å². The summed E-state index contributed by atoms with van der Waals surface area (Å²) in [6.07, 6.45) is 2.24. The molecule has 0 radical (unpaired) electrons. The maximum atomic E-state index is 11.0. The number of ether oxygens (including phenoxy) is 2. The lowest BCUT2D eigenvalue weighted by molar-refractivity contribution is 0.0696. The first kappa shape index (κ1) is 12.9. The van der Waals surface area contributed by atoms with Crippen LogP contribution in [0, 0.1) is 0 Å². The summed E-state index contributed by atoms with van der Waals surface area (Å²) in [6.45, 7) is 0. The molecule has 1 fully saturated rings. The van der Waals surface area contributed by atoms with Gasteiger partial charge in [-0.15, -0.1) is 0 Å². The standard InChI is InChI=1S/C13H12N2O4S/c1-18-9-5-4-8(12(16)17)6-10(9)19-13-14-11(15-20-13)7-2-3-7/h4-7H,2-3H2,1H3,(H,16,17). The lowest BCUT2D eigenvalue weighted by atomic mass is 10.2. The summed E-state index contributed by atoms with van der Waals surface area (Å²) in [5.74, 6) is 1.02.